The van der Waals surface area contributed by atoms with Crippen LogP contribution in [0.1, 0.15) is 23.2 Å². The number of benzene rings is 2. The fourth-order valence-corrected chi connectivity index (χ4v) is 2.58. The summed E-state index contributed by atoms with van der Waals surface area (Å²) in [5, 5.41) is 3.23. The van der Waals surface area contributed by atoms with E-state index in [1.165, 1.54) is 23.0 Å². The van der Waals surface area contributed by atoms with Gasteiger partial charge in [0.15, 0.2) is 0 Å². The van der Waals surface area contributed by atoms with Crippen molar-refractivity contribution in [3.8, 4) is 5.69 Å². The average Bonchev–Trinajstić information content (AvgIpc) is 3.40. The largest absolute Gasteiger partial charge is 0.349 e. The molecule has 1 heterocycles. The van der Waals surface area contributed by atoms with Crippen LogP contribution in [0.5, 0.6) is 0 Å². The van der Waals surface area contributed by atoms with E-state index in [2.05, 4.69) is 10.3 Å². The highest BCUT2D eigenvalue weighted by molar-refractivity contribution is 5.97. The lowest BCUT2D eigenvalue weighted by molar-refractivity contribution is 0.0951. The molecule has 1 amide bonds. The first kappa shape index (κ1) is 14.6. The van der Waals surface area contributed by atoms with Crippen LogP contribution in [0, 0.1) is 5.82 Å². The summed E-state index contributed by atoms with van der Waals surface area (Å²) in [6.07, 6.45) is 3.29. The lowest BCUT2D eigenvalue weighted by Crippen LogP contribution is -2.25. The fraction of sp³-hybridized carbons (Fsp3) is 0.167. The summed E-state index contributed by atoms with van der Waals surface area (Å²) < 4.78 is 15.1. The summed E-state index contributed by atoms with van der Waals surface area (Å²) in [6.45, 7) is 0. The smallest absolute Gasteiger partial charge is 0.265 e. The molecule has 1 aromatic heterocycles. The van der Waals surface area contributed by atoms with Crippen LogP contribution in [0.2, 0.25) is 0 Å². The zero-order valence-corrected chi connectivity index (χ0v) is 12.7. The monoisotopic (exact) mass is 323 g/mol. The van der Waals surface area contributed by atoms with Gasteiger partial charge in [-0.05, 0) is 43.2 Å². The number of rotatable bonds is 3. The van der Waals surface area contributed by atoms with E-state index >= 15 is 0 Å². The third-order valence-corrected chi connectivity index (χ3v) is 4.05. The number of fused-ring (bicyclic) bond motifs is 1. The second kappa shape index (κ2) is 5.56. The van der Waals surface area contributed by atoms with Gasteiger partial charge in [-0.15, -0.1) is 0 Å². The number of para-hydroxylation sites is 1. The second-order valence-corrected chi connectivity index (χ2v) is 5.85. The van der Waals surface area contributed by atoms with Crippen LogP contribution in [0.4, 0.5) is 4.39 Å². The Morgan fingerprint density at radius 3 is 2.75 bits per heavy atom. The number of carbonyl (C=O) groups excluding carboxylic acids is 1. The van der Waals surface area contributed by atoms with E-state index in [0.717, 1.165) is 12.8 Å². The number of aromatic nitrogens is 2. The highest BCUT2D eigenvalue weighted by Gasteiger charge is 2.24. The van der Waals surface area contributed by atoms with Gasteiger partial charge in [0.2, 0.25) is 0 Å². The molecule has 0 bridgehead atoms. The van der Waals surface area contributed by atoms with Crippen molar-refractivity contribution in [2.24, 2.45) is 0 Å². The summed E-state index contributed by atoms with van der Waals surface area (Å²) in [4.78, 5) is 28.9. The van der Waals surface area contributed by atoms with Gasteiger partial charge < -0.3 is 5.32 Å². The van der Waals surface area contributed by atoms with Crippen LogP contribution in [0.25, 0.3) is 16.6 Å². The molecule has 0 unspecified atom stereocenters. The van der Waals surface area contributed by atoms with Gasteiger partial charge in [-0.25, -0.2) is 9.37 Å². The molecule has 1 aliphatic carbocycles. The maximum absolute atomic E-state index is 13.9. The zero-order valence-electron chi connectivity index (χ0n) is 12.7. The molecule has 1 aliphatic rings. The number of nitrogens with one attached hydrogen (secondary N) is 1. The molecule has 5 nitrogen and oxygen atoms in total. The Balaban J connectivity index is 1.78. The molecule has 6 heteroatoms. The van der Waals surface area contributed by atoms with E-state index in [1.54, 1.807) is 30.3 Å². The van der Waals surface area contributed by atoms with Gasteiger partial charge in [-0.2, -0.15) is 0 Å². The molecule has 120 valence electrons. The molecule has 0 atom stereocenters. The topological polar surface area (TPSA) is 64.0 Å². The first-order valence-corrected chi connectivity index (χ1v) is 7.71. The molecule has 0 radical (unpaired) electrons. The summed E-state index contributed by atoms with van der Waals surface area (Å²) in [5.41, 5.74) is 0.646. The molecule has 3 aromatic rings. The fourth-order valence-electron chi connectivity index (χ4n) is 2.58. The highest BCUT2D eigenvalue weighted by Crippen LogP contribution is 2.20. The molecule has 24 heavy (non-hydrogen) atoms. The van der Waals surface area contributed by atoms with E-state index < -0.39 is 5.82 Å². The van der Waals surface area contributed by atoms with Crippen molar-refractivity contribution in [2.75, 3.05) is 0 Å². The van der Waals surface area contributed by atoms with Gasteiger partial charge in [-0.3, -0.25) is 14.2 Å². The Morgan fingerprint density at radius 2 is 2.00 bits per heavy atom. The van der Waals surface area contributed by atoms with Gasteiger partial charge in [0, 0.05) is 11.6 Å². The lowest BCUT2D eigenvalue weighted by Gasteiger charge is -2.08. The number of nitrogens with zero attached hydrogens (tertiary/aromatic N) is 2. The van der Waals surface area contributed by atoms with E-state index in [1.807, 2.05) is 0 Å². The molecule has 1 N–H and O–H groups in total. The van der Waals surface area contributed by atoms with E-state index in [-0.39, 0.29) is 23.2 Å². The normalized spacial score (nSPS) is 13.9. The van der Waals surface area contributed by atoms with Gasteiger partial charge in [0.1, 0.15) is 12.1 Å². The molecule has 0 aliphatic heterocycles. The molecular formula is C18H14FN3O2. The number of halogens is 1. The van der Waals surface area contributed by atoms with Crippen molar-refractivity contribution in [2.45, 2.75) is 18.9 Å². The summed E-state index contributed by atoms with van der Waals surface area (Å²) >= 11 is 0. The first-order chi connectivity index (χ1) is 11.6. The van der Waals surface area contributed by atoms with Crippen molar-refractivity contribution < 1.29 is 9.18 Å². The first-order valence-electron chi connectivity index (χ1n) is 7.71. The summed E-state index contributed by atoms with van der Waals surface area (Å²) in [5.74, 6) is -0.666. The third-order valence-electron chi connectivity index (χ3n) is 4.05. The quantitative estimate of drug-likeness (QED) is 0.805. The maximum Gasteiger partial charge on any atom is 0.265 e. The van der Waals surface area contributed by atoms with Crippen LogP contribution < -0.4 is 10.9 Å². The predicted molar refractivity (Wildman–Crippen MR) is 87.8 cm³/mol. The number of hydrogen-bond donors (Lipinski definition) is 1. The van der Waals surface area contributed by atoms with Crippen molar-refractivity contribution in [3.63, 3.8) is 0 Å². The van der Waals surface area contributed by atoms with Crippen LogP contribution >= 0.6 is 0 Å². The van der Waals surface area contributed by atoms with Crippen LogP contribution in [-0.2, 0) is 0 Å². The molecule has 1 saturated carbocycles. The van der Waals surface area contributed by atoms with Crippen molar-refractivity contribution in [1.29, 1.82) is 0 Å². The summed E-state index contributed by atoms with van der Waals surface area (Å²) in [7, 11) is 0. The van der Waals surface area contributed by atoms with E-state index in [4.69, 9.17) is 0 Å². The Morgan fingerprint density at radius 1 is 1.21 bits per heavy atom. The van der Waals surface area contributed by atoms with Crippen LogP contribution in [-0.4, -0.2) is 21.5 Å². The SMILES string of the molecule is O=C(NC1CC1)c1ccc2c(=O)n(-c3ccccc3F)cnc2c1. The minimum atomic E-state index is -0.499. The Bertz CT molecular complexity index is 1010. The molecule has 4 rings (SSSR count). The van der Waals surface area contributed by atoms with Gasteiger partial charge in [-0.1, -0.05) is 12.1 Å². The molecule has 1 fully saturated rings. The standard InChI is InChI=1S/C18H14FN3O2/c19-14-3-1-2-4-16(14)22-10-20-15-9-11(5-8-13(15)18(22)24)17(23)21-12-6-7-12/h1-5,8-10,12H,6-7H2,(H,21,23). The Kier molecular flexibility index (Phi) is 3.37. The maximum atomic E-state index is 13.9. The number of amides is 1. The second-order valence-electron chi connectivity index (χ2n) is 5.85. The minimum absolute atomic E-state index is 0.146. The highest BCUT2D eigenvalue weighted by atomic mass is 19.1. The molecule has 0 saturated heterocycles. The van der Waals surface area contributed by atoms with E-state index in [0.29, 0.717) is 16.5 Å². The lowest BCUT2D eigenvalue weighted by atomic mass is 10.1. The number of hydrogen-bond acceptors (Lipinski definition) is 3. The minimum Gasteiger partial charge on any atom is -0.349 e. The Hall–Kier alpha value is -3.02. The molecule has 2 aromatic carbocycles. The number of carbonyl (C=O) groups is 1. The van der Waals surface area contributed by atoms with Crippen molar-refractivity contribution in [1.82, 2.24) is 14.9 Å². The zero-order chi connectivity index (χ0) is 16.7. The van der Waals surface area contributed by atoms with Gasteiger partial charge in [0.05, 0.1) is 16.6 Å². The van der Waals surface area contributed by atoms with Crippen molar-refractivity contribution in [3.05, 3.63) is 70.5 Å². The average molecular weight is 323 g/mol. The van der Waals surface area contributed by atoms with Crippen molar-refractivity contribution >= 4 is 16.8 Å². The molecular weight excluding hydrogens is 309 g/mol. The third kappa shape index (κ3) is 2.56. The van der Waals surface area contributed by atoms with E-state index in [9.17, 15) is 14.0 Å². The summed E-state index contributed by atoms with van der Waals surface area (Å²) in [6, 6.07) is 11.0. The van der Waals surface area contributed by atoms with Crippen LogP contribution in [0.15, 0.2) is 53.6 Å². The van der Waals surface area contributed by atoms with Gasteiger partial charge >= 0.3 is 0 Å². The van der Waals surface area contributed by atoms with Gasteiger partial charge in [0.25, 0.3) is 11.5 Å². The predicted octanol–water partition coefficient (Wildman–Crippen LogP) is 2.42. The molecule has 0 spiro atoms. The van der Waals surface area contributed by atoms with Crippen LogP contribution in [0.3, 0.4) is 0 Å². The Labute approximate surface area is 136 Å².